The van der Waals surface area contributed by atoms with Crippen LogP contribution in [-0.2, 0) is 20.7 Å². The van der Waals surface area contributed by atoms with Gasteiger partial charge in [0.15, 0.2) is 0 Å². The molecule has 0 saturated heterocycles. The Morgan fingerprint density at radius 3 is 2.17 bits per heavy atom. The van der Waals surface area contributed by atoms with Gasteiger partial charge < -0.3 is 9.47 Å². The molecule has 2 rings (SSSR count). The molecule has 2 aromatic carbocycles. The Balaban J connectivity index is 1.87. The lowest BCUT2D eigenvalue weighted by Gasteiger charge is -2.06. The van der Waals surface area contributed by atoms with Crippen LogP contribution in [0.2, 0.25) is 0 Å². The maximum atomic E-state index is 11.3. The maximum Gasteiger partial charge on any atom is 0.333 e. The van der Waals surface area contributed by atoms with E-state index >= 15 is 0 Å². The van der Waals surface area contributed by atoms with Crippen LogP contribution in [0.15, 0.2) is 60.7 Å². The summed E-state index contributed by atoms with van der Waals surface area (Å²) < 4.78 is 9.85. The number of carbonyl (C=O) groups excluding carboxylic acids is 2. The molecular formula is C20H20O4. The van der Waals surface area contributed by atoms with Gasteiger partial charge in [0.25, 0.3) is 6.47 Å². The van der Waals surface area contributed by atoms with Gasteiger partial charge in [-0.05, 0) is 48.6 Å². The van der Waals surface area contributed by atoms with Crippen LogP contribution in [0.3, 0.4) is 0 Å². The summed E-state index contributed by atoms with van der Waals surface area (Å²) in [7, 11) is 0. The van der Waals surface area contributed by atoms with Crippen molar-refractivity contribution in [2.75, 3.05) is 6.61 Å². The molecule has 24 heavy (non-hydrogen) atoms. The van der Waals surface area contributed by atoms with Gasteiger partial charge in [0.05, 0.1) is 6.61 Å². The van der Waals surface area contributed by atoms with Crippen LogP contribution in [0.4, 0.5) is 0 Å². The first-order chi connectivity index (χ1) is 11.6. The normalized spacial score (nSPS) is 10.0. The summed E-state index contributed by atoms with van der Waals surface area (Å²) in [5.74, 6) is 0.182. The van der Waals surface area contributed by atoms with E-state index < -0.39 is 0 Å². The van der Waals surface area contributed by atoms with Gasteiger partial charge in [-0.3, -0.25) is 4.79 Å². The molecule has 0 atom stereocenters. The average molecular weight is 324 g/mol. The number of esters is 1. The van der Waals surface area contributed by atoms with Crippen molar-refractivity contribution in [3.63, 3.8) is 0 Å². The molecule has 0 heterocycles. The summed E-state index contributed by atoms with van der Waals surface area (Å²) in [6.07, 6.45) is 1.62. The first-order valence-electron chi connectivity index (χ1n) is 7.72. The van der Waals surface area contributed by atoms with E-state index in [0.29, 0.717) is 24.4 Å². The minimum absolute atomic E-state index is 0.340. The Hall–Kier alpha value is -2.88. The van der Waals surface area contributed by atoms with Gasteiger partial charge in [-0.15, -0.1) is 0 Å². The van der Waals surface area contributed by atoms with Gasteiger partial charge >= 0.3 is 5.97 Å². The lowest BCUT2D eigenvalue weighted by molar-refractivity contribution is -0.139. The van der Waals surface area contributed by atoms with Crippen molar-refractivity contribution in [2.45, 2.75) is 19.8 Å². The van der Waals surface area contributed by atoms with Gasteiger partial charge in [-0.2, -0.15) is 0 Å². The van der Waals surface area contributed by atoms with Crippen molar-refractivity contribution in [2.24, 2.45) is 0 Å². The second-order valence-electron chi connectivity index (χ2n) is 5.46. The zero-order valence-electron chi connectivity index (χ0n) is 13.7. The van der Waals surface area contributed by atoms with Crippen molar-refractivity contribution in [1.29, 1.82) is 0 Å². The summed E-state index contributed by atoms with van der Waals surface area (Å²) in [4.78, 5) is 21.6. The first kappa shape index (κ1) is 17.5. The van der Waals surface area contributed by atoms with E-state index in [1.807, 2.05) is 24.3 Å². The van der Waals surface area contributed by atoms with E-state index in [4.69, 9.17) is 9.47 Å². The molecule has 0 aliphatic rings. The summed E-state index contributed by atoms with van der Waals surface area (Å²) >= 11 is 0. The Kier molecular flexibility index (Phi) is 6.32. The van der Waals surface area contributed by atoms with Crippen molar-refractivity contribution < 1.29 is 19.1 Å². The molecule has 0 radical (unpaired) electrons. The molecule has 124 valence electrons. The van der Waals surface area contributed by atoms with E-state index in [1.165, 1.54) is 5.56 Å². The number of carbonyl (C=O) groups is 2. The van der Waals surface area contributed by atoms with E-state index in [1.54, 1.807) is 19.1 Å². The summed E-state index contributed by atoms with van der Waals surface area (Å²) in [6, 6.07) is 15.5. The third-order valence-corrected chi connectivity index (χ3v) is 3.52. The highest BCUT2D eigenvalue weighted by atomic mass is 16.5. The summed E-state index contributed by atoms with van der Waals surface area (Å²) in [6.45, 7) is 5.99. The van der Waals surface area contributed by atoms with E-state index in [0.717, 1.165) is 24.0 Å². The first-order valence-corrected chi connectivity index (χ1v) is 7.72. The Labute approximate surface area is 141 Å². The van der Waals surface area contributed by atoms with Gasteiger partial charge in [0.1, 0.15) is 5.75 Å². The number of hydrogen-bond acceptors (Lipinski definition) is 4. The molecule has 4 heteroatoms. The van der Waals surface area contributed by atoms with Gasteiger partial charge in [0.2, 0.25) is 0 Å². The fourth-order valence-corrected chi connectivity index (χ4v) is 2.21. The zero-order valence-corrected chi connectivity index (χ0v) is 13.7. The second kappa shape index (κ2) is 8.67. The molecule has 0 aliphatic carbocycles. The molecule has 0 aliphatic heterocycles. The molecule has 0 spiro atoms. The largest absolute Gasteiger partial charge is 0.462 e. The molecule has 0 amide bonds. The number of rotatable bonds is 8. The van der Waals surface area contributed by atoms with Crippen LogP contribution in [0, 0.1) is 0 Å². The Morgan fingerprint density at radius 1 is 1.04 bits per heavy atom. The zero-order chi connectivity index (χ0) is 17.4. The van der Waals surface area contributed by atoms with E-state index in [9.17, 15) is 9.59 Å². The molecule has 0 aromatic heterocycles. The minimum atomic E-state index is -0.340. The number of hydrogen-bond donors (Lipinski definition) is 0. The predicted molar refractivity (Wildman–Crippen MR) is 92.7 cm³/mol. The fourth-order valence-electron chi connectivity index (χ4n) is 2.21. The highest BCUT2D eigenvalue weighted by molar-refractivity contribution is 5.86. The smallest absolute Gasteiger partial charge is 0.333 e. The van der Waals surface area contributed by atoms with Crippen LogP contribution < -0.4 is 4.74 Å². The minimum Gasteiger partial charge on any atom is -0.462 e. The van der Waals surface area contributed by atoms with Crippen molar-refractivity contribution >= 4 is 12.4 Å². The maximum absolute atomic E-state index is 11.3. The molecule has 4 nitrogen and oxygen atoms in total. The van der Waals surface area contributed by atoms with Crippen LogP contribution in [-0.4, -0.2) is 19.0 Å². The lowest BCUT2D eigenvalue weighted by Crippen LogP contribution is -2.06. The van der Waals surface area contributed by atoms with Crippen molar-refractivity contribution in [3.05, 3.63) is 66.2 Å². The highest BCUT2D eigenvalue weighted by Gasteiger charge is 2.03. The number of benzene rings is 2. The molecule has 0 N–H and O–H groups in total. The highest BCUT2D eigenvalue weighted by Crippen LogP contribution is 2.23. The molecular weight excluding hydrogens is 304 g/mol. The topological polar surface area (TPSA) is 52.6 Å². The van der Waals surface area contributed by atoms with Gasteiger partial charge in [0, 0.05) is 5.57 Å². The standard InChI is InChI=1S/C20H20O4/c1-15(2)20(22)23-13-3-4-16-5-7-17(8-6-16)18-9-11-19(12-10-18)24-14-21/h5-12,14H,1,3-4,13H2,2H3. The molecule has 2 aromatic rings. The van der Waals surface area contributed by atoms with E-state index in [2.05, 4.69) is 18.7 Å². The van der Waals surface area contributed by atoms with Crippen LogP contribution in [0.5, 0.6) is 5.75 Å². The fraction of sp³-hybridized carbons (Fsp3) is 0.200. The van der Waals surface area contributed by atoms with Crippen LogP contribution in [0.1, 0.15) is 18.9 Å². The predicted octanol–water partition coefficient (Wildman–Crippen LogP) is 3.94. The quantitative estimate of drug-likeness (QED) is 0.319. The van der Waals surface area contributed by atoms with Crippen molar-refractivity contribution in [3.8, 4) is 16.9 Å². The SMILES string of the molecule is C=C(C)C(=O)OCCCc1ccc(-c2ccc(OC=O)cc2)cc1. The van der Waals surface area contributed by atoms with Crippen molar-refractivity contribution in [1.82, 2.24) is 0 Å². The Morgan fingerprint density at radius 2 is 1.62 bits per heavy atom. The molecule has 0 saturated carbocycles. The third kappa shape index (κ3) is 5.09. The summed E-state index contributed by atoms with van der Waals surface area (Å²) in [5.41, 5.74) is 3.75. The van der Waals surface area contributed by atoms with Gasteiger partial charge in [-0.25, -0.2) is 4.79 Å². The summed E-state index contributed by atoms with van der Waals surface area (Å²) in [5, 5.41) is 0. The van der Waals surface area contributed by atoms with Crippen LogP contribution >= 0.6 is 0 Å². The molecule has 0 bridgehead atoms. The van der Waals surface area contributed by atoms with Crippen LogP contribution in [0.25, 0.3) is 11.1 Å². The lowest BCUT2D eigenvalue weighted by atomic mass is 10.0. The third-order valence-electron chi connectivity index (χ3n) is 3.52. The monoisotopic (exact) mass is 324 g/mol. The second-order valence-corrected chi connectivity index (χ2v) is 5.46. The van der Waals surface area contributed by atoms with E-state index in [-0.39, 0.29) is 5.97 Å². The number of aryl methyl sites for hydroxylation is 1. The molecule has 0 fully saturated rings. The average Bonchev–Trinajstić information content (AvgIpc) is 2.60. The Bertz CT molecular complexity index is 699. The number of ether oxygens (including phenoxy) is 2. The molecule has 0 unspecified atom stereocenters. The van der Waals surface area contributed by atoms with Gasteiger partial charge in [-0.1, -0.05) is 43.0 Å².